The Hall–Kier alpha value is -1.62. The minimum absolute atomic E-state index is 0.0460. The summed E-state index contributed by atoms with van der Waals surface area (Å²) in [6.07, 6.45) is 2.60. The van der Waals surface area contributed by atoms with Gasteiger partial charge >= 0.3 is 0 Å². The second kappa shape index (κ2) is 6.22. The maximum atomic E-state index is 12.2. The van der Waals surface area contributed by atoms with Gasteiger partial charge in [0.25, 0.3) is 0 Å². The molecule has 2 rings (SSSR count). The third-order valence-electron chi connectivity index (χ3n) is 3.15. The van der Waals surface area contributed by atoms with Crippen molar-refractivity contribution in [2.75, 3.05) is 6.54 Å². The zero-order valence-electron chi connectivity index (χ0n) is 11.9. The summed E-state index contributed by atoms with van der Waals surface area (Å²) in [7, 11) is 0. The highest BCUT2D eigenvalue weighted by atomic mass is 35.5. The molecule has 20 heavy (non-hydrogen) atoms. The summed E-state index contributed by atoms with van der Waals surface area (Å²) in [5.41, 5.74) is 1.44. The highest BCUT2D eigenvalue weighted by Crippen LogP contribution is 2.26. The van der Waals surface area contributed by atoms with Crippen LogP contribution in [0.2, 0.25) is 0 Å². The summed E-state index contributed by atoms with van der Waals surface area (Å²) >= 11 is 6.19. The predicted octanol–water partition coefficient (Wildman–Crippen LogP) is 2.82. The van der Waals surface area contributed by atoms with Gasteiger partial charge in [-0.05, 0) is 32.4 Å². The molecule has 2 aromatic rings. The molecule has 5 nitrogen and oxygen atoms in total. The van der Waals surface area contributed by atoms with Crippen molar-refractivity contribution < 1.29 is 4.79 Å². The lowest BCUT2D eigenvalue weighted by atomic mass is 10.2. The molecule has 0 fully saturated rings. The minimum Gasteiger partial charge on any atom is -0.354 e. The SMILES string of the molecule is CCCNC(=O)C(C)n1c(C(C)Cl)nc2cccnc21. The van der Waals surface area contributed by atoms with Crippen molar-refractivity contribution in [3.63, 3.8) is 0 Å². The largest absolute Gasteiger partial charge is 0.354 e. The molecule has 1 N–H and O–H groups in total. The van der Waals surface area contributed by atoms with Crippen LogP contribution in [0.4, 0.5) is 0 Å². The smallest absolute Gasteiger partial charge is 0.242 e. The lowest BCUT2D eigenvalue weighted by molar-refractivity contribution is -0.123. The second-order valence-electron chi connectivity index (χ2n) is 4.77. The average molecular weight is 295 g/mol. The van der Waals surface area contributed by atoms with Crippen LogP contribution in [-0.2, 0) is 4.79 Å². The molecule has 6 heteroatoms. The third-order valence-corrected chi connectivity index (χ3v) is 3.34. The fourth-order valence-corrected chi connectivity index (χ4v) is 2.28. The number of carbonyl (C=O) groups excluding carboxylic acids is 1. The van der Waals surface area contributed by atoms with Crippen LogP contribution in [0.25, 0.3) is 11.2 Å². The van der Waals surface area contributed by atoms with E-state index in [1.165, 1.54) is 0 Å². The van der Waals surface area contributed by atoms with Crippen molar-refractivity contribution in [1.29, 1.82) is 0 Å². The van der Waals surface area contributed by atoms with Gasteiger partial charge in [-0.25, -0.2) is 9.97 Å². The maximum Gasteiger partial charge on any atom is 0.242 e. The molecule has 0 aromatic carbocycles. The molecule has 2 atom stereocenters. The number of hydrogen-bond acceptors (Lipinski definition) is 3. The van der Waals surface area contributed by atoms with Crippen molar-refractivity contribution in [3.8, 4) is 0 Å². The Kier molecular flexibility index (Phi) is 4.60. The summed E-state index contributed by atoms with van der Waals surface area (Å²) in [5.74, 6) is 0.620. The Labute approximate surface area is 123 Å². The van der Waals surface area contributed by atoms with E-state index in [9.17, 15) is 4.79 Å². The number of carbonyl (C=O) groups is 1. The topological polar surface area (TPSA) is 59.8 Å². The number of aromatic nitrogens is 3. The van der Waals surface area contributed by atoms with Gasteiger partial charge in [0.15, 0.2) is 5.65 Å². The van der Waals surface area contributed by atoms with Crippen molar-refractivity contribution >= 4 is 28.7 Å². The summed E-state index contributed by atoms with van der Waals surface area (Å²) in [6.45, 7) is 6.36. The average Bonchev–Trinajstić information content (AvgIpc) is 2.83. The molecule has 108 valence electrons. The zero-order valence-corrected chi connectivity index (χ0v) is 12.7. The first-order chi connectivity index (χ1) is 9.56. The number of hydrogen-bond donors (Lipinski definition) is 1. The Morgan fingerprint density at radius 2 is 2.25 bits per heavy atom. The van der Waals surface area contributed by atoms with Crippen LogP contribution >= 0.6 is 11.6 Å². The third kappa shape index (κ3) is 2.77. The van der Waals surface area contributed by atoms with E-state index >= 15 is 0 Å². The molecule has 0 aliphatic rings. The molecule has 0 saturated carbocycles. The van der Waals surface area contributed by atoms with Crippen LogP contribution in [0.15, 0.2) is 18.3 Å². The normalized spacial score (nSPS) is 14.2. The summed E-state index contributed by atoms with van der Waals surface area (Å²) < 4.78 is 1.82. The molecule has 2 heterocycles. The molecule has 1 amide bonds. The van der Waals surface area contributed by atoms with Crippen molar-refractivity contribution in [2.24, 2.45) is 0 Å². The van der Waals surface area contributed by atoms with Crippen molar-refractivity contribution in [3.05, 3.63) is 24.2 Å². The van der Waals surface area contributed by atoms with Crippen LogP contribution in [0.3, 0.4) is 0 Å². The predicted molar refractivity (Wildman–Crippen MR) is 79.8 cm³/mol. The molecule has 2 aromatic heterocycles. The van der Waals surface area contributed by atoms with E-state index < -0.39 is 6.04 Å². The van der Waals surface area contributed by atoms with E-state index in [1.807, 2.05) is 37.5 Å². The van der Waals surface area contributed by atoms with Gasteiger partial charge in [-0.2, -0.15) is 0 Å². The first kappa shape index (κ1) is 14.8. The monoisotopic (exact) mass is 294 g/mol. The van der Waals surface area contributed by atoms with Gasteiger partial charge in [-0.15, -0.1) is 11.6 Å². The van der Waals surface area contributed by atoms with Crippen molar-refractivity contribution in [2.45, 2.75) is 38.6 Å². The lowest BCUT2D eigenvalue weighted by Gasteiger charge is -2.17. The van der Waals surface area contributed by atoms with Gasteiger partial charge in [-0.3, -0.25) is 9.36 Å². The van der Waals surface area contributed by atoms with Crippen LogP contribution in [0, 0.1) is 0 Å². The highest BCUT2D eigenvalue weighted by Gasteiger charge is 2.23. The molecule has 0 aliphatic carbocycles. The van der Waals surface area contributed by atoms with Crippen LogP contribution in [0.1, 0.15) is 44.4 Å². The number of nitrogens with one attached hydrogen (secondary N) is 1. The zero-order chi connectivity index (χ0) is 14.7. The summed E-state index contributed by atoms with van der Waals surface area (Å²) in [6, 6.07) is 3.31. The van der Waals surface area contributed by atoms with Crippen LogP contribution < -0.4 is 5.32 Å². The Morgan fingerprint density at radius 3 is 2.90 bits per heavy atom. The number of halogens is 1. The van der Waals surface area contributed by atoms with Gasteiger partial charge in [0, 0.05) is 12.7 Å². The van der Waals surface area contributed by atoms with E-state index in [4.69, 9.17) is 11.6 Å². The van der Waals surface area contributed by atoms with Crippen LogP contribution in [-0.4, -0.2) is 27.0 Å². The van der Waals surface area contributed by atoms with Gasteiger partial charge < -0.3 is 5.32 Å². The van der Waals surface area contributed by atoms with Gasteiger partial charge in [0.2, 0.25) is 5.91 Å². The fraction of sp³-hybridized carbons (Fsp3) is 0.500. The molecule has 0 bridgehead atoms. The number of pyridine rings is 1. The molecular formula is C14H19ClN4O. The highest BCUT2D eigenvalue weighted by molar-refractivity contribution is 6.20. The first-order valence-corrected chi connectivity index (χ1v) is 7.24. The number of imidazole rings is 1. The minimum atomic E-state index is -0.391. The molecule has 0 radical (unpaired) electrons. The number of nitrogens with zero attached hydrogens (tertiary/aromatic N) is 3. The van der Waals surface area contributed by atoms with E-state index in [0.29, 0.717) is 18.0 Å². The number of fused-ring (bicyclic) bond motifs is 1. The number of alkyl halides is 1. The molecule has 0 aliphatic heterocycles. The van der Waals surface area contributed by atoms with Gasteiger partial charge in [0.1, 0.15) is 17.4 Å². The van der Waals surface area contributed by atoms with E-state index in [-0.39, 0.29) is 11.3 Å². The lowest BCUT2D eigenvalue weighted by Crippen LogP contribution is -2.32. The van der Waals surface area contributed by atoms with E-state index in [2.05, 4.69) is 15.3 Å². The standard InChI is InChI=1S/C14H19ClN4O/c1-4-7-17-14(20)10(3)19-12(9(2)15)18-11-6-5-8-16-13(11)19/h5-6,8-10H,4,7H2,1-3H3,(H,17,20). The molecule has 0 saturated heterocycles. The van der Waals surface area contributed by atoms with Gasteiger partial charge in [0.05, 0.1) is 5.38 Å². The maximum absolute atomic E-state index is 12.2. The summed E-state index contributed by atoms with van der Waals surface area (Å²) in [5, 5.41) is 2.61. The quantitative estimate of drug-likeness (QED) is 0.863. The Morgan fingerprint density at radius 1 is 1.50 bits per heavy atom. The number of rotatable bonds is 5. The molecular weight excluding hydrogens is 276 g/mol. The Bertz CT molecular complexity index is 608. The first-order valence-electron chi connectivity index (χ1n) is 6.80. The van der Waals surface area contributed by atoms with E-state index in [1.54, 1.807) is 6.20 Å². The molecule has 0 spiro atoms. The fourth-order valence-electron chi connectivity index (χ4n) is 2.12. The van der Waals surface area contributed by atoms with Gasteiger partial charge in [-0.1, -0.05) is 6.92 Å². The van der Waals surface area contributed by atoms with Crippen LogP contribution in [0.5, 0.6) is 0 Å². The number of amides is 1. The summed E-state index contributed by atoms with van der Waals surface area (Å²) in [4.78, 5) is 21.0. The molecule has 2 unspecified atom stereocenters. The Balaban J connectivity index is 2.45. The van der Waals surface area contributed by atoms with E-state index in [0.717, 1.165) is 11.9 Å². The second-order valence-corrected chi connectivity index (χ2v) is 5.42. The van der Waals surface area contributed by atoms with Crippen molar-refractivity contribution in [1.82, 2.24) is 19.9 Å².